The van der Waals surface area contributed by atoms with Gasteiger partial charge in [-0.2, -0.15) is 0 Å². The fraction of sp³-hybridized carbons (Fsp3) is 0.565. The highest BCUT2D eigenvalue weighted by atomic mass is 16.5. The molecule has 1 saturated heterocycles. The molecule has 3 rings (SSSR count). The van der Waals surface area contributed by atoms with E-state index in [1.54, 1.807) is 6.33 Å². The molecular weight excluding hydrogens is 394 g/mol. The SMILES string of the molecule is CCOCCOc1ccc(CN(C)CC2(O)CCN(c3cncnc3N(C)C)C2)cc1. The van der Waals surface area contributed by atoms with E-state index in [0.717, 1.165) is 30.3 Å². The van der Waals surface area contributed by atoms with E-state index in [1.807, 2.05) is 51.3 Å². The molecule has 2 aromatic rings. The minimum absolute atomic E-state index is 0.554. The Morgan fingerprint density at radius 3 is 2.65 bits per heavy atom. The van der Waals surface area contributed by atoms with Crippen LogP contribution in [0.1, 0.15) is 18.9 Å². The van der Waals surface area contributed by atoms with Gasteiger partial charge in [0.25, 0.3) is 0 Å². The summed E-state index contributed by atoms with van der Waals surface area (Å²) in [5.41, 5.74) is 1.38. The number of anilines is 2. The second kappa shape index (κ2) is 10.7. The molecule has 1 atom stereocenters. The van der Waals surface area contributed by atoms with Gasteiger partial charge in [-0.25, -0.2) is 9.97 Å². The monoisotopic (exact) mass is 429 g/mol. The summed E-state index contributed by atoms with van der Waals surface area (Å²) >= 11 is 0. The average molecular weight is 430 g/mol. The minimum Gasteiger partial charge on any atom is -0.491 e. The second-order valence-electron chi connectivity index (χ2n) is 8.38. The maximum Gasteiger partial charge on any atom is 0.155 e. The number of aromatic nitrogens is 2. The summed E-state index contributed by atoms with van der Waals surface area (Å²) in [6.45, 7) is 6.54. The van der Waals surface area contributed by atoms with Crippen molar-refractivity contribution < 1.29 is 14.6 Å². The average Bonchev–Trinajstić information content (AvgIpc) is 3.13. The zero-order valence-electron chi connectivity index (χ0n) is 19.1. The highest BCUT2D eigenvalue weighted by molar-refractivity contribution is 5.66. The molecule has 8 nitrogen and oxygen atoms in total. The van der Waals surface area contributed by atoms with Gasteiger partial charge in [-0.3, -0.25) is 4.90 Å². The van der Waals surface area contributed by atoms with Crippen LogP contribution in [0.15, 0.2) is 36.8 Å². The first-order valence-corrected chi connectivity index (χ1v) is 10.8. The quantitative estimate of drug-likeness (QED) is 0.544. The molecule has 1 aliphatic heterocycles. The normalized spacial score (nSPS) is 18.6. The van der Waals surface area contributed by atoms with Crippen molar-refractivity contribution in [1.29, 1.82) is 0 Å². The summed E-state index contributed by atoms with van der Waals surface area (Å²) in [5, 5.41) is 11.2. The topological polar surface area (TPSA) is 74.2 Å². The molecule has 0 spiro atoms. The number of hydrogen-bond acceptors (Lipinski definition) is 8. The number of ether oxygens (including phenoxy) is 2. The van der Waals surface area contributed by atoms with Crippen LogP contribution in [0.5, 0.6) is 5.75 Å². The van der Waals surface area contributed by atoms with Crippen molar-refractivity contribution in [3.63, 3.8) is 0 Å². The third-order valence-electron chi connectivity index (χ3n) is 5.41. The summed E-state index contributed by atoms with van der Waals surface area (Å²) in [6, 6.07) is 8.11. The number of likely N-dealkylation sites (N-methyl/N-ethyl adjacent to an activating group) is 1. The number of rotatable bonds is 11. The maximum absolute atomic E-state index is 11.2. The standard InChI is InChI=1S/C23H35N5O3/c1-5-30-12-13-31-20-8-6-19(7-9-20)15-27(4)16-23(29)10-11-28(17-23)21-14-24-18-25-22(21)26(2)3/h6-9,14,18,29H,5,10-13,15-17H2,1-4H3. The van der Waals surface area contributed by atoms with E-state index in [-0.39, 0.29) is 0 Å². The Morgan fingerprint density at radius 2 is 1.94 bits per heavy atom. The molecule has 1 aliphatic rings. The number of hydrogen-bond donors (Lipinski definition) is 1. The Kier molecular flexibility index (Phi) is 8.06. The highest BCUT2D eigenvalue weighted by Gasteiger charge is 2.38. The Morgan fingerprint density at radius 1 is 1.16 bits per heavy atom. The van der Waals surface area contributed by atoms with Crippen LogP contribution < -0.4 is 14.5 Å². The first kappa shape index (κ1) is 23.2. The van der Waals surface area contributed by atoms with E-state index in [4.69, 9.17) is 9.47 Å². The number of aliphatic hydroxyl groups is 1. The number of β-amino-alcohol motifs (C(OH)–C–C–N with tert-alkyl or cyclic N) is 1. The Bertz CT molecular complexity index is 817. The molecule has 0 radical (unpaired) electrons. The van der Waals surface area contributed by atoms with Crippen molar-refractivity contribution in [1.82, 2.24) is 14.9 Å². The van der Waals surface area contributed by atoms with Gasteiger partial charge in [-0.1, -0.05) is 12.1 Å². The Hall–Kier alpha value is -2.42. The molecule has 1 fully saturated rings. The lowest BCUT2D eigenvalue weighted by Crippen LogP contribution is -2.43. The van der Waals surface area contributed by atoms with Crippen LogP contribution >= 0.6 is 0 Å². The Labute approximate surface area is 185 Å². The first-order chi connectivity index (χ1) is 14.9. The van der Waals surface area contributed by atoms with Crippen molar-refractivity contribution in [3.05, 3.63) is 42.4 Å². The fourth-order valence-electron chi connectivity index (χ4n) is 4.00. The van der Waals surface area contributed by atoms with Crippen LogP contribution in [0, 0.1) is 0 Å². The fourth-order valence-corrected chi connectivity index (χ4v) is 4.00. The molecule has 0 aliphatic carbocycles. The van der Waals surface area contributed by atoms with Gasteiger partial charge in [-0.15, -0.1) is 0 Å². The van der Waals surface area contributed by atoms with Crippen molar-refractivity contribution in [3.8, 4) is 5.75 Å². The molecular formula is C23H35N5O3. The van der Waals surface area contributed by atoms with E-state index in [2.05, 4.69) is 31.9 Å². The van der Waals surface area contributed by atoms with Crippen molar-refractivity contribution in [2.24, 2.45) is 0 Å². The van der Waals surface area contributed by atoms with Gasteiger partial charge in [-0.05, 0) is 38.1 Å². The molecule has 2 heterocycles. The van der Waals surface area contributed by atoms with E-state index >= 15 is 0 Å². The van der Waals surface area contributed by atoms with Gasteiger partial charge >= 0.3 is 0 Å². The van der Waals surface area contributed by atoms with Gasteiger partial charge in [0.05, 0.1) is 24.1 Å². The lowest BCUT2D eigenvalue weighted by molar-refractivity contribution is 0.0280. The zero-order valence-corrected chi connectivity index (χ0v) is 19.1. The minimum atomic E-state index is -0.767. The van der Waals surface area contributed by atoms with Crippen LogP contribution in [0.4, 0.5) is 11.5 Å². The third-order valence-corrected chi connectivity index (χ3v) is 5.41. The number of benzene rings is 1. The van der Waals surface area contributed by atoms with Gasteiger partial charge < -0.3 is 24.4 Å². The van der Waals surface area contributed by atoms with Crippen molar-refractivity contribution in [2.45, 2.75) is 25.5 Å². The Balaban J connectivity index is 1.52. The predicted molar refractivity (Wildman–Crippen MR) is 123 cm³/mol. The molecule has 1 aromatic heterocycles. The van der Waals surface area contributed by atoms with Gasteiger partial charge in [0.15, 0.2) is 5.82 Å². The van der Waals surface area contributed by atoms with Crippen molar-refractivity contribution in [2.75, 3.05) is 70.4 Å². The van der Waals surface area contributed by atoms with Crippen LogP contribution in [0.3, 0.4) is 0 Å². The zero-order chi connectivity index (χ0) is 22.3. The van der Waals surface area contributed by atoms with Crippen LogP contribution in [0.25, 0.3) is 0 Å². The smallest absolute Gasteiger partial charge is 0.155 e. The number of nitrogens with zero attached hydrogens (tertiary/aromatic N) is 5. The van der Waals surface area contributed by atoms with Crippen LogP contribution in [0.2, 0.25) is 0 Å². The van der Waals surface area contributed by atoms with E-state index in [1.165, 1.54) is 5.56 Å². The molecule has 0 bridgehead atoms. The lowest BCUT2D eigenvalue weighted by Gasteiger charge is -2.30. The third kappa shape index (κ3) is 6.53. The lowest BCUT2D eigenvalue weighted by atomic mass is 10.0. The summed E-state index contributed by atoms with van der Waals surface area (Å²) in [6.07, 6.45) is 4.10. The van der Waals surface area contributed by atoms with E-state index in [0.29, 0.717) is 39.3 Å². The van der Waals surface area contributed by atoms with E-state index < -0.39 is 5.60 Å². The molecule has 0 amide bonds. The maximum atomic E-state index is 11.2. The highest BCUT2D eigenvalue weighted by Crippen LogP contribution is 2.32. The second-order valence-corrected chi connectivity index (χ2v) is 8.38. The summed E-state index contributed by atoms with van der Waals surface area (Å²) in [4.78, 5) is 14.9. The van der Waals surface area contributed by atoms with Crippen LogP contribution in [-0.2, 0) is 11.3 Å². The van der Waals surface area contributed by atoms with Crippen molar-refractivity contribution >= 4 is 11.5 Å². The predicted octanol–water partition coefficient (Wildman–Crippen LogP) is 2.03. The first-order valence-electron chi connectivity index (χ1n) is 10.8. The summed E-state index contributed by atoms with van der Waals surface area (Å²) < 4.78 is 11.0. The largest absolute Gasteiger partial charge is 0.491 e. The van der Waals surface area contributed by atoms with Gasteiger partial charge in [0.1, 0.15) is 18.7 Å². The summed E-state index contributed by atoms with van der Waals surface area (Å²) in [7, 11) is 5.98. The van der Waals surface area contributed by atoms with E-state index in [9.17, 15) is 5.11 Å². The summed E-state index contributed by atoms with van der Waals surface area (Å²) in [5.74, 6) is 1.72. The molecule has 1 unspecified atom stereocenters. The van der Waals surface area contributed by atoms with Gasteiger partial charge in [0.2, 0.25) is 0 Å². The molecule has 1 N–H and O–H groups in total. The molecule has 8 heteroatoms. The molecule has 0 saturated carbocycles. The van der Waals surface area contributed by atoms with Crippen LogP contribution in [-0.4, -0.2) is 86.2 Å². The molecule has 31 heavy (non-hydrogen) atoms. The molecule has 170 valence electrons. The molecule has 1 aromatic carbocycles. The van der Waals surface area contributed by atoms with Gasteiger partial charge in [0, 0.05) is 46.9 Å².